The van der Waals surface area contributed by atoms with Crippen LogP contribution in [0, 0.1) is 0 Å². The van der Waals surface area contributed by atoms with E-state index in [4.69, 9.17) is 37.4 Å². The van der Waals surface area contributed by atoms with Gasteiger partial charge in [-0.25, -0.2) is 9.79 Å². The average Bonchev–Trinajstić information content (AvgIpc) is 3.39. The van der Waals surface area contributed by atoms with Crippen molar-refractivity contribution in [3.05, 3.63) is 88.5 Å². The summed E-state index contributed by atoms with van der Waals surface area (Å²) in [4.78, 5) is 31.6. The van der Waals surface area contributed by atoms with Crippen LogP contribution in [0.25, 0.3) is 6.08 Å². The van der Waals surface area contributed by atoms with Crippen molar-refractivity contribution in [2.24, 2.45) is 4.99 Å². The zero-order chi connectivity index (χ0) is 24.0. The summed E-state index contributed by atoms with van der Waals surface area (Å²) in [6.07, 6.45) is 1.68. The maximum Gasteiger partial charge on any atom is 0.338 e. The lowest BCUT2D eigenvalue weighted by molar-refractivity contribution is -0.139. The summed E-state index contributed by atoms with van der Waals surface area (Å²) < 4.78 is 18.2. The molecule has 1 unspecified atom stereocenters. The molecule has 0 aliphatic carbocycles. The van der Waals surface area contributed by atoms with Crippen LogP contribution < -0.4 is 24.4 Å². The fraction of sp³-hybridized carbons (Fsp3) is 0.208. The Bertz CT molecular complexity index is 1540. The van der Waals surface area contributed by atoms with Crippen LogP contribution in [0.5, 0.6) is 11.5 Å². The number of allylic oxidation sites excluding steroid dienone is 1. The van der Waals surface area contributed by atoms with Gasteiger partial charge in [-0.1, -0.05) is 40.6 Å². The van der Waals surface area contributed by atoms with Crippen LogP contribution in [-0.4, -0.2) is 23.9 Å². The first kappa shape index (κ1) is 22.7. The second-order valence-corrected chi connectivity index (χ2v) is 9.43. The number of halogens is 2. The minimum Gasteiger partial charge on any atom is -0.463 e. The lowest BCUT2D eigenvalue weighted by Gasteiger charge is -2.24. The third-order valence-electron chi connectivity index (χ3n) is 5.47. The molecule has 0 saturated carbocycles. The number of fused-ring (bicyclic) bond motifs is 2. The van der Waals surface area contributed by atoms with Gasteiger partial charge in [0.05, 0.1) is 28.5 Å². The first-order valence-corrected chi connectivity index (χ1v) is 12.0. The molecule has 1 atom stereocenters. The quantitative estimate of drug-likeness (QED) is 0.492. The molecule has 3 heterocycles. The molecule has 3 aromatic rings. The molecule has 0 saturated heterocycles. The van der Waals surface area contributed by atoms with Crippen molar-refractivity contribution in [1.29, 1.82) is 0 Å². The third-order valence-corrected chi connectivity index (χ3v) is 7.04. The molecule has 2 aliphatic heterocycles. The molecule has 0 amide bonds. The second kappa shape index (κ2) is 8.94. The van der Waals surface area contributed by atoms with Gasteiger partial charge in [-0.2, -0.15) is 0 Å². The SMILES string of the molecule is CCOC(=O)C1=C(C)N=c2s/c(=C/c3cc(Cl)ccc3Cl)c(=O)n2C1c1ccc2c(c1)OCO2. The largest absolute Gasteiger partial charge is 0.463 e. The molecule has 5 rings (SSSR count). The summed E-state index contributed by atoms with van der Waals surface area (Å²) in [7, 11) is 0. The summed E-state index contributed by atoms with van der Waals surface area (Å²) >= 11 is 13.6. The van der Waals surface area contributed by atoms with Crippen molar-refractivity contribution < 1.29 is 19.0 Å². The van der Waals surface area contributed by atoms with E-state index >= 15 is 0 Å². The van der Waals surface area contributed by atoms with E-state index < -0.39 is 12.0 Å². The van der Waals surface area contributed by atoms with E-state index in [-0.39, 0.29) is 19.0 Å². The molecule has 0 spiro atoms. The van der Waals surface area contributed by atoms with E-state index in [0.29, 0.717) is 53.3 Å². The van der Waals surface area contributed by atoms with Gasteiger partial charge in [0, 0.05) is 10.0 Å². The average molecular weight is 517 g/mol. The number of esters is 1. The zero-order valence-electron chi connectivity index (χ0n) is 18.1. The van der Waals surface area contributed by atoms with Gasteiger partial charge in [0.2, 0.25) is 6.79 Å². The number of ether oxygens (including phenoxy) is 3. The number of hydrogen-bond donors (Lipinski definition) is 0. The minimum absolute atomic E-state index is 0.113. The normalized spacial score (nSPS) is 16.9. The summed E-state index contributed by atoms with van der Waals surface area (Å²) in [6, 6.07) is 9.63. The highest BCUT2D eigenvalue weighted by Crippen LogP contribution is 2.38. The monoisotopic (exact) mass is 516 g/mol. The number of nitrogens with zero attached hydrogens (tertiary/aromatic N) is 2. The van der Waals surface area contributed by atoms with Crippen LogP contribution in [0.2, 0.25) is 10.0 Å². The Morgan fingerprint density at radius 3 is 2.82 bits per heavy atom. The molecule has 2 aromatic carbocycles. The fourth-order valence-corrected chi connectivity index (χ4v) is 5.35. The molecule has 2 aliphatic rings. The molecular weight excluding hydrogens is 499 g/mol. The first-order chi connectivity index (χ1) is 16.4. The fourth-order valence-electron chi connectivity index (χ4n) is 3.96. The maximum atomic E-state index is 13.6. The minimum atomic E-state index is -0.748. The van der Waals surface area contributed by atoms with Gasteiger partial charge in [-0.15, -0.1) is 0 Å². The van der Waals surface area contributed by atoms with E-state index in [2.05, 4.69) is 4.99 Å². The summed E-state index contributed by atoms with van der Waals surface area (Å²) in [5, 5.41) is 0.966. The molecule has 0 radical (unpaired) electrons. The van der Waals surface area contributed by atoms with Crippen LogP contribution in [-0.2, 0) is 9.53 Å². The van der Waals surface area contributed by atoms with Gasteiger partial charge in [-0.3, -0.25) is 9.36 Å². The van der Waals surface area contributed by atoms with Crippen molar-refractivity contribution in [1.82, 2.24) is 4.57 Å². The Morgan fingerprint density at radius 2 is 2.03 bits per heavy atom. The molecule has 7 nitrogen and oxygen atoms in total. The number of rotatable bonds is 4. The van der Waals surface area contributed by atoms with Gasteiger partial charge in [-0.05, 0) is 61.4 Å². The van der Waals surface area contributed by atoms with Gasteiger partial charge >= 0.3 is 5.97 Å². The van der Waals surface area contributed by atoms with Crippen LogP contribution >= 0.6 is 34.5 Å². The lowest BCUT2D eigenvalue weighted by atomic mass is 9.95. The van der Waals surface area contributed by atoms with E-state index in [1.54, 1.807) is 56.3 Å². The topological polar surface area (TPSA) is 79.1 Å². The van der Waals surface area contributed by atoms with Gasteiger partial charge in [0.25, 0.3) is 5.56 Å². The van der Waals surface area contributed by atoms with Crippen molar-refractivity contribution in [3.8, 4) is 11.5 Å². The van der Waals surface area contributed by atoms with Crippen molar-refractivity contribution in [2.45, 2.75) is 19.9 Å². The van der Waals surface area contributed by atoms with Crippen LogP contribution in [0.15, 0.2) is 57.5 Å². The van der Waals surface area contributed by atoms with Crippen molar-refractivity contribution >= 4 is 46.6 Å². The number of aromatic nitrogens is 1. The summed E-state index contributed by atoms with van der Waals surface area (Å²) in [6.45, 7) is 3.77. The number of carbonyl (C=O) groups excluding carboxylic acids is 1. The molecule has 0 N–H and O–H groups in total. The van der Waals surface area contributed by atoms with Gasteiger partial charge in [0.15, 0.2) is 16.3 Å². The molecule has 34 heavy (non-hydrogen) atoms. The van der Waals surface area contributed by atoms with E-state index in [1.807, 2.05) is 0 Å². The standard InChI is InChI=1S/C24H18Cl2N2O5S/c1-3-31-23(30)20-12(2)27-24-28(21(20)13-4-7-17-18(9-13)33-11-32-17)22(29)19(34-24)10-14-8-15(25)5-6-16(14)26/h4-10,21H,3,11H2,1-2H3/b19-10+. The molecule has 1 aromatic heterocycles. The number of hydrogen-bond acceptors (Lipinski definition) is 7. The smallest absolute Gasteiger partial charge is 0.338 e. The predicted molar refractivity (Wildman–Crippen MR) is 129 cm³/mol. The molecule has 0 fully saturated rings. The predicted octanol–water partition coefficient (Wildman–Crippen LogP) is 3.83. The zero-order valence-corrected chi connectivity index (χ0v) is 20.5. The highest BCUT2D eigenvalue weighted by atomic mass is 35.5. The summed E-state index contributed by atoms with van der Waals surface area (Å²) in [5.74, 6) is 0.618. The van der Waals surface area contributed by atoms with Crippen molar-refractivity contribution in [3.63, 3.8) is 0 Å². The van der Waals surface area contributed by atoms with Crippen LogP contribution in [0.1, 0.15) is 31.0 Å². The molecule has 174 valence electrons. The number of benzene rings is 2. The van der Waals surface area contributed by atoms with Gasteiger partial charge in [0.1, 0.15) is 0 Å². The number of carbonyl (C=O) groups is 1. The first-order valence-electron chi connectivity index (χ1n) is 10.4. The third kappa shape index (κ3) is 3.91. The Hall–Kier alpha value is -3.07. The van der Waals surface area contributed by atoms with Gasteiger partial charge < -0.3 is 14.2 Å². The Morgan fingerprint density at radius 1 is 1.24 bits per heavy atom. The van der Waals surface area contributed by atoms with E-state index in [0.717, 1.165) is 0 Å². The Kier molecular flexibility index (Phi) is 5.97. The molecular formula is C24H18Cl2N2O5S. The highest BCUT2D eigenvalue weighted by Gasteiger charge is 2.34. The van der Waals surface area contributed by atoms with E-state index in [1.165, 1.54) is 15.9 Å². The van der Waals surface area contributed by atoms with Crippen molar-refractivity contribution in [2.75, 3.05) is 13.4 Å². The Balaban J connectivity index is 1.74. The summed E-state index contributed by atoms with van der Waals surface area (Å²) in [5.41, 5.74) is 1.75. The highest BCUT2D eigenvalue weighted by molar-refractivity contribution is 7.07. The van der Waals surface area contributed by atoms with Crippen LogP contribution in [0.4, 0.5) is 0 Å². The van der Waals surface area contributed by atoms with E-state index in [9.17, 15) is 9.59 Å². The Labute approximate surface area is 208 Å². The number of thiazole rings is 1. The second-order valence-electron chi connectivity index (χ2n) is 7.58. The van der Waals surface area contributed by atoms with Crippen LogP contribution in [0.3, 0.4) is 0 Å². The maximum absolute atomic E-state index is 13.6. The lowest BCUT2D eigenvalue weighted by Crippen LogP contribution is -2.39. The molecule has 10 heteroatoms. The molecule has 0 bridgehead atoms.